The zero-order valence-corrected chi connectivity index (χ0v) is 21.0. The van der Waals surface area contributed by atoms with E-state index in [1.807, 2.05) is 0 Å². The first-order chi connectivity index (χ1) is 11.8. The van der Waals surface area contributed by atoms with Crippen LogP contribution in [-0.4, -0.2) is 28.4 Å². The van der Waals surface area contributed by atoms with Gasteiger partial charge in [0.1, 0.15) is 0 Å². The van der Waals surface area contributed by atoms with Crippen LogP contribution in [0.4, 0.5) is 0 Å². The summed E-state index contributed by atoms with van der Waals surface area (Å²) in [6, 6.07) is 2.66. The van der Waals surface area contributed by atoms with Crippen LogP contribution in [0.15, 0.2) is 0 Å². The number of alkyl halides is 2. The molecule has 152 valence electrons. The second kappa shape index (κ2) is 16.0. The van der Waals surface area contributed by atoms with Crippen molar-refractivity contribution >= 4 is 39.8 Å². The average molecular weight is 428 g/mol. The Hall–Kier alpha value is 0.974. The smallest absolute Gasteiger partial charge is 0.173 e. The van der Waals surface area contributed by atoms with Crippen molar-refractivity contribution in [2.45, 2.75) is 115 Å². The van der Waals surface area contributed by atoms with Gasteiger partial charge in [-0.15, -0.1) is 23.2 Å². The molecular weight excluding hydrogens is 383 g/mol. The van der Waals surface area contributed by atoms with Gasteiger partial charge >= 0.3 is 0 Å². The van der Waals surface area contributed by atoms with Crippen molar-refractivity contribution in [2.75, 3.05) is 11.8 Å². The van der Waals surface area contributed by atoms with Crippen molar-refractivity contribution in [3.8, 4) is 0 Å². The number of hydrogen-bond donors (Lipinski definition) is 0. The highest BCUT2D eigenvalue weighted by Crippen LogP contribution is 2.26. The summed E-state index contributed by atoms with van der Waals surface area (Å²) >= 11 is 11.4. The molecule has 5 heteroatoms. The van der Waals surface area contributed by atoms with Gasteiger partial charge in [-0.1, -0.05) is 64.2 Å². The highest BCUT2D eigenvalue weighted by atomic mass is 35.5. The second-order valence-electron chi connectivity index (χ2n) is 8.74. The number of hydrogen-bond acceptors (Lipinski definition) is 1. The van der Waals surface area contributed by atoms with Crippen LogP contribution in [0.25, 0.3) is 0 Å². The fourth-order valence-electron chi connectivity index (χ4n) is 3.55. The molecule has 1 nitrogen and oxygen atoms in total. The summed E-state index contributed by atoms with van der Waals surface area (Å²) in [4.78, 5) is 0. The molecule has 0 radical (unpaired) electrons. The molecule has 0 rings (SSSR count). The SMILES string of the molecule is C[Si](C)(CCCCCCCCCl)O[Si](C)(C)CCCCCCCCCl. The Kier molecular flexibility index (Phi) is 16.6. The molecule has 0 bridgehead atoms. The molecule has 0 aromatic heterocycles. The molecule has 0 aromatic carbocycles. The molecule has 0 N–H and O–H groups in total. The standard InChI is InChI=1S/C20H44Cl2OSi2/c1-24(2,19-15-11-7-5-9-13-17-21)23-25(3,4)20-16-12-8-6-10-14-18-22/h5-20H2,1-4H3. The Morgan fingerprint density at radius 3 is 1.08 bits per heavy atom. The monoisotopic (exact) mass is 426 g/mol. The number of halogens is 2. The van der Waals surface area contributed by atoms with Crippen LogP contribution in [0.3, 0.4) is 0 Å². The van der Waals surface area contributed by atoms with E-state index in [4.69, 9.17) is 27.3 Å². The van der Waals surface area contributed by atoms with Gasteiger partial charge in [0, 0.05) is 11.8 Å². The molecule has 0 aliphatic carbocycles. The van der Waals surface area contributed by atoms with Crippen molar-refractivity contribution in [2.24, 2.45) is 0 Å². The summed E-state index contributed by atoms with van der Waals surface area (Å²) < 4.78 is 6.76. The third kappa shape index (κ3) is 18.1. The van der Waals surface area contributed by atoms with Gasteiger partial charge in [-0.3, -0.25) is 0 Å². The topological polar surface area (TPSA) is 9.23 Å². The van der Waals surface area contributed by atoms with E-state index in [2.05, 4.69) is 26.2 Å². The van der Waals surface area contributed by atoms with Crippen molar-refractivity contribution in [3.63, 3.8) is 0 Å². The summed E-state index contributed by atoms with van der Waals surface area (Å²) in [7, 11) is -2.95. The molecule has 0 spiro atoms. The summed E-state index contributed by atoms with van der Waals surface area (Å²) in [5.74, 6) is 1.64. The van der Waals surface area contributed by atoms with Crippen LogP contribution in [0.2, 0.25) is 38.3 Å². The molecule has 0 saturated carbocycles. The van der Waals surface area contributed by atoms with E-state index in [9.17, 15) is 0 Å². The Labute approximate surface area is 170 Å². The lowest BCUT2D eigenvalue weighted by Crippen LogP contribution is -2.44. The normalized spacial score (nSPS) is 12.7. The summed E-state index contributed by atoms with van der Waals surface area (Å²) in [5, 5.41) is 0. The van der Waals surface area contributed by atoms with Crippen LogP contribution in [0.1, 0.15) is 77.0 Å². The molecule has 0 aromatic rings. The van der Waals surface area contributed by atoms with Gasteiger partial charge in [-0.05, 0) is 51.1 Å². The van der Waals surface area contributed by atoms with Crippen molar-refractivity contribution in [1.82, 2.24) is 0 Å². The fourth-order valence-corrected chi connectivity index (χ4v) is 12.9. The third-order valence-electron chi connectivity index (χ3n) is 4.88. The first kappa shape index (κ1) is 26.0. The fraction of sp³-hybridized carbons (Fsp3) is 1.00. The van der Waals surface area contributed by atoms with E-state index in [1.54, 1.807) is 0 Å². The Morgan fingerprint density at radius 1 is 0.480 bits per heavy atom. The largest absolute Gasteiger partial charge is 0.455 e. The van der Waals surface area contributed by atoms with E-state index in [0.29, 0.717) is 0 Å². The van der Waals surface area contributed by atoms with Gasteiger partial charge in [0.2, 0.25) is 0 Å². The molecule has 25 heavy (non-hydrogen) atoms. The van der Waals surface area contributed by atoms with Crippen molar-refractivity contribution in [3.05, 3.63) is 0 Å². The summed E-state index contributed by atoms with van der Waals surface area (Å²) in [6.07, 6.45) is 15.8. The molecule has 0 heterocycles. The van der Waals surface area contributed by atoms with Gasteiger partial charge in [0.25, 0.3) is 0 Å². The Morgan fingerprint density at radius 2 is 0.760 bits per heavy atom. The van der Waals surface area contributed by atoms with Crippen molar-refractivity contribution in [1.29, 1.82) is 0 Å². The molecule has 0 fully saturated rings. The predicted molar refractivity (Wildman–Crippen MR) is 123 cm³/mol. The van der Waals surface area contributed by atoms with Gasteiger partial charge in [0.15, 0.2) is 16.6 Å². The zero-order chi connectivity index (χ0) is 19.0. The lowest BCUT2D eigenvalue weighted by atomic mass is 10.1. The minimum atomic E-state index is -1.47. The maximum atomic E-state index is 6.76. The van der Waals surface area contributed by atoms with Gasteiger partial charge in [-0.25, -0.2) is 0 Å². The Bertz CT molecular complexity index is 271. The van der Waals surface area contributed by atoms with Gasteiger partial charge < -0.3 is 4.12 Å². The van der Waals surface area contributed by atoms with Crippen molar-refractivity contribution < 1.29 is 4.12 Å². The van der Waals surface area contributed by atoms with E-state index in [1.165, 1.54) is 89.1 Å². The van der Waals surface area contributed by atoms with Gasteiger partial charge in [-0.2, -0.15) is 0 Å². The quantitative estimate of drug-likeness (QED) is 0.121. The maximum absolute atomic E-state index is 6.76. The van der Waals surface area contributed by atoms with E-state index < -0.39 is 16.6 Å². The highest BCUT2D eigenvalue weighted by molar-refractivity contribution is 6.84. The minimum absolute atomic E-state index is 0.820. The maximum Gasteiger partial charge on any atom is 0.173 e. The molecule has 0 aliphatic rings. The number of rotatable bonds is 18. The molecule has 0 unspecified atom stereocenters. The van der Waals surface area contributed by atoms with Crippen LogP contribution in [0, 0.1) is 0 Å². The predicted octanol–water partition coefficient (Wildman–Crippen LogP) is 8.57. The molecule has 0 saturated heterocycles. The molecule has 0 aliphatic heterocycles. The zero-order valence-electron chi connectivity index (χ0n) is 17.5. The van der Waals surface area contributed by atoms with E-state index in [-0.39, 0.29) is 0 Å². The van der Waals surface area contributed by atoms with Crippen LogP contribution < -0.4 is 0 Å². The second-order valence-corrected chi connectivity index (χ2v) is 18.4. The minimum Gasteiger partial charge on any atom is -0.455 e. The van der Waals surface area contributed by atoms with E-state index in [0.717, 1.165) is 11.8 Å². The lowest BCUT2D eigenvalue weighted by Gasteiger charge is -2.34. The summed E-state index contributed by atoms with van der Waals surface area (Å²) in [6.45, 7) is 9.73. The first-order valence-corrected chi connectivity index (χ1v) is 17.9. The average Bonchev–Trinajstić information content (AvgIpc) is 2.52. The van der Waals surface area contributed by atoms with E-state index >= 15 is 0 Å². The molecule has 0 amide bonds. The summed E-state index contributed by atoms with van der Waals surface area (Å²) in [5.41, 5.74) is 0. The first-order valence-electron chi connectivity index (χ1n) is 10.6. The van der Waals surface area contributed by atoms with Crippen LogP contribution in [-0.2, 0) is 4.12 Å². The molecule has 0 atom stereocenters. The Balaban J connectivity index is 3.77. The highest BCUT2D eigenvalue weighted by Gasteiger charge is 2.31. The van der Waals surface area contributed by atoms with Gasteiger partial charge in [0.05, 0.1) is 0 Å². The molecular formula is C20H44Cl2OSi2. The van der Waals surface area contributed by atoms with Crippen LogP contribution in [0.5, 0.6) is 0 Å². The lowest BCUT2D eigenvalue weighted by molar-refractivity contribution is 0.519. The van der Waals surface area contributed by atoms with Crippen LogP contribution >= 0.6 is 23.2 Å². The number of unbranched alkanes of at least 4 members (excludes halogenated alkanes) is 10. The third-order valence-corrected chi connectivity index (χ3v) is 12.9.